The molecule has 0 N–H and O–H groups in total. The minimum Gasteiger partial charge on any atom is -0.294 e. The van der Waals surface area contributed by atoms with Crippen LogP contribution >= 0.6 is 0 Å². The smallest absolute Gasteiger partial charge is 0.169 e. The van der Waals surface area contributed by atoms with Crippen LogP contribution in [0.5, 0.6) is 0 Å². The molecule has 112 valence electrons. The van der Waals surface area contributed by atoms with E-state index in [1.54, 1.807) is 0 Å². The van der Waals surface area contributed by atoms with Crippen LogP contribution in [-0.4, -0.2) is 5.78 Å². The Balaban J connectivity index is 1.67. The number of aryl methyl sites for hydroxylation is 1. The number of ketones is 1. The SMILES string of the molecule is O=C1c2ccccc2[C@H]2CCCC[C@@]12CCc1ccccc1. The molecule has 2 aliphatic carbocycles. The van der Waals surface area contributed by atoms with Gasteiger partial charge >= 0.3 is 0 Å². The van der Waals surface area contributed by atoms with E-state index < -0.39 is 0 Å². The van der Waals surface area contributed by atoms with Crippen LogP contribution in [0, 0.1) is 5.41 Å². The molecule has 0 aromatic heterocycles. The van der Waals surface area contributed by atoms with Gasteiger partial charge in [-0.1, -0.05) is 67.4 Å². The molecule has 2 atom stereocenters. The summed E-state index contributed by atoms with van der Waals surface area (Å²) in [4.78, 5) is 13.2. The molecule has 1 saturated carbocycles. The van der Waals surface area contributed by atoms with Crippen molar-refractivity contribution in [1.82, 2.24) is 0 Å². The molecule has 0 spiro atoms. The van der Waals surface area contributed by atoms with Gasteiger partial charge in [-0.25, -0.2) is 0 Å². The van der Waals surface area contributed by atoms with Gasteiger partial charge < -0.3 is 0 Å². The van der Waals surface area contributed by atoms with Crippen LogP contribution in [0.25, 0.3) is 0 Å². The van der Waals surface area contributed by atoms with Crippen LogP contribution in [0.1, 0.15) is 59.5 Å². The number of benzene rings is 2. The lowest BCUT2D eigenvalue weighted by atomic mass is 9.64. The lowest BCUT2D eigenvalue weighted by molar-refractivity contribution is 0.0682. The molecule has 1 fully saturated rings. The van der Waals surface area contributed by atoms with E-state index in [0.717, 1.165) is 24.8 Å². The average Bonchev–Trinajstić information content (AvgIpc) is 2.85. The second kappa shape index (κ2) is 5.39. The summed E-state index contributed by atoms with van der Waals surface area (Å²) >= 11 is 0. The van der Waals surface area contributed by atoms with Gasteiger partial charge in [0.1, 0.15) is 0 Å². The molecule has 0 unspecified atom stereocenters. The van der Waals surface area contributed by atoms with Crippen molar-refractivity contribution in [2.45, 2.75) is 44.4 Å². The highest BCUT2D eigenvalue weighted by Crippen LogP contribution is 2.57. The lowest BCUT2D eigenvalue weighted by Crippen LogP contribution is -2.35. The molecular formula is C21H22O. The summed E-state index contributed by atoms with van der Waals surface area (Å²) in [6.45, 7) is 0. The van der Waals surface area contributed by atoms with Crippen LogP contribution in [0.4, 0.5) is 0 Å². The Morgan fingerprint density at radius 3 is 2.59 bits per heavy atom. The molecule has 0 bridgehead atoms. The van der Waals surface area contributed by atoms with E-state index in [9.17, 15) is 4.79 Å². The van der Waals surface area contributed by atoms with Crippen LogP contribution in [0.3, 0.4) is 0 Å². The monoisotopic (exact) mass is 290 g/mol. The van der Waals surface area contributed by atoms with E-state index in [2.05, 4.69) is 42.5 Å². The summed E-state index contributed by atoms with van der Waals surface area (Å²) in [6.07, 6.45) is 6.71. The Morgan fingerprint density at radius 2 is 1.73 bits per heavy atom. The second-order valence-electron chi connectivity index (χ2n) is 6.86. The molecule has 1 nitrogen and oxygen atoms in total. The Bertz CT molecular complexity index is 688. The minimum atomic E-state index is -0.127. The number of rotatable bonds is 3. The molecule has 2 aromatic carbocycles. The van der Waals surface area contributed by atoms with Crippen LogP contribution in [0.15, 0.2) is 54.6 Å². The van der Waals surface area contributed by atoms with Gasteiger partial charge in [-0.15, -0.1) is 0 Å². The zero-order chi connectivity index (χ0) is 15.0. The molecule has 0 saturated heterocycles. The quantitative estimate of drug-likeness (QED) is 0.763. The van der Waals surface area contributed by atoms with Crippen molar-refractivity contribution in [3.63, 3.8) is 0 Å². The molecule has 1 heteroatoms. The fraction of sp³-hybridized carbons (Fsp3) is 0.381. The van der Waals surface area contributed by atoms with Crippen LogP contribution in [-0.2, 0) is 6.42 Å². The first-order valence-corrected chi connectivity index (χ1v) is 8.49. The number of hydrogen-bond donors (Lipinski definition) is 0. The van der Waals surface area contributed by atoms with Gasteiger partial charge in [0.25, 0.3) is 0 Å². The van der Waals surface area contributed by atoms with Gasteiger partial charge in [0.05, 0.1) is 0 Å². The third kappa shape index (κ3) is 2.03. The molecular weight excluding hydrogens is 268 g/mol. The van der Waals surface area contributed by atoms with Crippen molar-refractivity contribution in [3.8, 4) is 0 Å². The molecule has 2 aromatic rings. The molecule has 0 heterocycles. The molecule has 2 aliphatic rings. The van der Waals surface area contributed by atoms with Gasteiger partial charge in [-0.05, 0) is 42.7 Å². The normalized spacial score (nSPS) is 26.5. The van der Waals surface area contributed by atoms with Crippen molar-refractivity contribution in [1.29, 1.82) is 0 Å². The molecule has 4 rings (SSSR count). The fourth-order valence-electron chi connectivity index (χ4n) is 4.67. The average molecular weight is 290 g/mol. The molecule has 0 aliphatic heterocycles. The van der Waals surface area contributed by atoms with E-state index in [1.165, 1.54) is 30.4 Å². The summed E-state index contributed by atoms with van der Waals surface area (Å²) in [7, 11) is 0. The number of fused-ring (bicyclic) bond motifs is 3. The van der Waals surface area contributed by atoms with Gasteiger partial charge in [0.15, 0.2) is 5.78 Å². The summed E-state index contributed by atoms with van der Waals surface area (Å²) in [5, 5.41) is 0. The highest BCUT2D eigenvalue weighted by Gasteiger charge is 2.52. The van der Waals surface area contributed by atoms with Crippen LogP contribution < -0.4 is 0 Å². The lowest BCUT2D eigenvalue weighted by Gasteiger charge is -2.38. The zero-order valence-electron chi connectivity index (χ0n) is 12.9. The number of Topliss-reactive ketones (excluding diaryl/α,β-unsaturated/α-hetero) is 1. The van der Waals surface area contributed by atoms with Crippen LogP contribution in [0.2, 0.25) is 0 Å². The summed E-state index contributed by atoms with van der Waals surface area (Å²) in [6, 6.07) is 18.9. The Labute approximate surface area is 132 Å². The van der Waals surface area contributed by atoms with Crippen molar-refractivity contribution in [2.75, 3.05) is 0 Å². The van der Waals surface area contributed by atoms with E-state index in [0.29, 0.717) is 11.7 Å². The Hall–Kier alpha value is -1.89. The third-order valence-corrected chi connectivity index (χ3v) is 5.77. The standard InChI is InChI=1S/C21H22O/c22-20-18-11-5-4-10-17(18)19-12-6-7-14-21(19,20)15-13-16-8-2-1-3-9-16/h1-5,8-11,19H,6-7,12-15H2/t19-,21+/m1/s1. The first-order valence-electron chi connectivity index (χ1n) is 8.49. The highest BCUT2D eigenvalue weighted by molar-refractivity contribution is 6.06. The van der Waals surface area contributed by atoms with E-state index >= 15 is 0 Å². The fourth-order valence-corrected chi connectivity index (χ4v) is 4.67. The van der Waals surface area contributed by atoms with Gasteiger partial charge in [0.2, 0.25) is 0 Å². The molecule has 22 heavy (non-hydrogen) atoms. The van der Waals surface area contributed by atoms with E-state index in [1.807, 2.05) is 12.1 Å². The van der Waals surface area contributed by atoms with Gasteiger partial charge in [-0.3, -0.25) is 4.79 Å². The predicted octanol–water partition coefficient (Wildman–Crippen LogP) is 5.16. The summed E-state index contributed by atoms with van der Waals surface area (Å²) < 4.78 is 0. The first-order chi connectivity index (χ1) is 10.8. The van der Waals surface area contributed by atoms with Crippen molar-refractivity contribution in [3.05, 3.63) is 71.3 Å². The van der Waals surface area contributed by atoms with Gasteiger partial charge in [-0.2, -0.15) is 0 Å². The summed E-state index contributed by atoms with van der Waals surface area (Å²) in [5.74, 6) is 0.873. The maximum Gasteiger partial charge on any atom is 0.169 e. The van der Waals surface area contributed by atoms with Crippen molar-refractivity contribution in [2.24, 2.45) is 5.41 Å². The Morgan fingerprint density at radius 1 is 0.955 bits per heavy atom. The van der Waals surface area contributed by atoms with Gasteiger partial charge in [0, 0.05) is 11.0 Å². The third-order valence-electron chi connectivity index (χ3n) is 5.77. The Kier molecular flexibility index (Phi) is 3.37. The number of carbonyl (C=O) groups excluding carboxylic acids is 1. The van der Waals surface area contributed by atoms with E-state index in [4.69, 9.17) is 0 Å². The zero-order valence-corrected chi connectivity index (χ0v) is 12.9. The van der Waals surface area contributed by atoms with Crippen molar-refractivity contribution >= 4 is 5.78 Å². The highest BCUT2D eigenvalue weighted by atomic mass is 16.1. The summed E-state index contributed by atoms with van der Waals surface area (Å²) in [5.41, 5.74) is 3.55. The maximum absolute atomic E-state index is 13.2. The largest absolute Gasteiger partial charge is 0.294 e. The minimum absolute atomic E-state index is 0.127. The predicted molar refractivity (Wildman–Crippen MR) is 89.2 cm³/mol. The molecule has 0 radical (unpaired) electrons. The number of hydrogen-bond acceptors (Lipinski definition) is 1. The maximum atomic E-state index is 13.2. The molecule has 0 amide bonds. The van der Waals surface area contributed by atoms with E-state index in [-0.39, 0.29) is 5.41 Å². The second-order valence-corrected chi connectivity index (χ2v) is 6.86. The first kappa shape index (κ1) is 13.8. The van der Waals surface area contributed by atoms with Crippen molar-refractivity contribution < 1.29 is 4.79 Å². The topological polar surface area (TPSA) is 17.1 Å². The number of carbonyl (C=O) groups is 1.